The van der Waals surface area contributed by atoms with Crippen molar-refractivity contribution in [3.63, 3.8) is 0 Å². The summed E-state index contributed by atoms with van der Waals surface area (Å²) in [5.41, 5.74) is 3.21. The van der Waals surface area contributed by atoms with Gasteiger partial charge in [-0.25, -0.2) is 0 Å². The zero-order chi connectivity index (χ0) is 18.6. The van der Waals surface area contributed by atoms with Gasteiger partial charge in [0.05, 0.1) is 17.5 Å². The zero-order valence-electron chi connectivity index (χ0n) is 14.8. The van der Waals surface area contributed by atoms with Gasteiger partial charge in [-0.1, -0.05) is 48.5 Å². The summed E-state index contributed by atoms with van der Waals surface area (Å²) in [6.07, 6.45) is 1.89. The smallest absolute Gasteiger partial charge is 0.313 e. The standard InChI is InChI=1S/C21H21N3O3/c25-20(22-13-15-9-6-12-27-15)21(26)24-19-16-10-4-5-11-17(16)23-18(19)14-7-2-1-3-8-14/h1-5,7-8,10-11,15,23H,6,9,12-13H2,(H,22,25)(H,24,26). The van der Waals surface area contributed by atoms with Gasteiger partial charge in [-0.15, -0.1) is 0 Å². The van der Waals surface area contributed by atoms with E-state index < -0.39 is 11.8 Å². The molecule has 1 unspecified atom stereocenters. The van der Waals surface area contributed by atoms with Crippen molar-refractivity contribution in [1.82, 2.24) is 10.3 Å². The lowest BCUT2D eigenvalue weighted by atomic mass is 10.1. The Hall–Kier alpha value is -3.12. The predicted molar refractivity (Wildman–Crippen MR) is 104 cm³/mol. The van der Waals surface area contributed by atoms with Crippen LogP contribution in [-0.2, 0) is 14.3 Å². The van der Waals surface area contributed by atoms with Gasteiger partial charge in [0, 0.05) is 29.6 Å². The van der Waals surface area contributed by atoms with Crippen LogP contribution >= 0.6 is 0 Å². The number of nitrogens with one attached hydrogen (secondary N) is 3. The maximum absolute atomic E-state index is 12.5. The summed E-state index contributed by atoms with van der Waals surface area (Å²) in [6, 6.07) is 17.4. The van der Waals surface area contributed by atoms with Gasteiger partial charge in [0.2, 0.25) is 0 Å². The lowest BCUT2D eigenvalue weighted by Crippen LogP contribution is -2.39. The number of hydrogen-bond donors (Lipinski definition) is 3. The third-order valence-electron chi connectivity index (χ3n) is 4.73. The number of benzene rings is 2. The number of hydrogen-bond acceptors (Lipinski definition) is 3. The number of aromatic nitrogens is 1. The summed E-state index contributed by atoms with van der Waals surface area (Å²) < 4.78 is 5.47. The van der Waals surface area contributed by atoms with Gasteiger partial charge in [-0.3, -0.25) is 9.59 Å². The fourth-order valence-corrected chi connectivity index (χ4v) is 3.36. The molecule has 2 heterocycles. The van der Waals surface area contributed by atoms with Crippen molar-refractivity contribution in [3.05, 3.63) is 54.6 Å². The third kappa shape index (κ3) is 3.71. The second-order valence-electron chi connectivity index (χ2n) is 6.59. The van der Waals surface area contributed by atoms with Crippen molar-refractivity contribution in [2.45, 2.75) is 18.9 Å². The highest BCUT2D eigenvalue weighted by molar-refractivity contribution is 6.40. The van der Waals surface area contributed by atoms with Crippen LogP contribution in [-0.4, -0.2) is 36.1 Å². The lowest BCUT2D eigenvalue weighted by Gasteiger charge is -2.11. The lowest BCUT2D eigenvalue weighted by molar-refractivity contribution is -0.136. The molecule has 1 aromatic heterocycles. The Labute approximate surface area is 156 Å². The molecule has 6 nitrogen and oxygen atoms in total. The average molecular weight is 363 g/mol. The number of para-hydroxylation sites is 1. The van der Waals surface area contributed by atoms with Crippen molar-refractivity contribution in [1.29, 1.82) is 0 Å². The van der Waals surface area contributed by atoms with Crippen molar-refractivity contribution in [2.75, 3.05) is 18.5 Å². The molecule has 138 valence electrons. The zero-order valence-corrected chi connectivity index (χ0v) is 14.8. The number of amides is 2. The summed E-state index contributed by atoms with van der Waals surface area (Å²) >= 11 is 0. The molecular formula is C21H21N3O3. The Bertz CT molecular complexity index is 959. The molecule has 0 bridgehead atoms. The van der Waals surface area contributed by atoms with E-state index in [0.717, 1.165) is 35.0 Å². The number of H-pyrrole nitrogens is 1. The molecule has 4 rings (SSSR count). The molecule has 0 saturated carbocycles. The molecule has 27 heavy (non-hydrogen) atoms. The first-order chi connectivity index (χ1) is 13.2. The highest BCUT2D eigenvalue weighted by atomic mass is 16.5. The Morgan fingerprint density at radius 2 is 1.81 bits per heavy atom. The summed E-state index contributed by atoms with van der Waals surface area (Å²) in [4.78, 5) is 28.0. The SMILES string of the molecule is O=C(NCC1CCCO1)C(=O)Nc1c(-c2ccccc2)[nH]c2ccccc12. The number of fused-ring (bicyclic) bond motifs is 1. The predicted octanol–water partition coefficient (Wildman–Crippen LogP) is 3.07. The van der Waals surface area contributed by atoms with Crippen LogP contribution in [0.25, 0.3) is 22.2 Å². The van der Waals surface area contributed by atoms with Gasteiger partial charge < -0.3 is 20.4 Å². The van der Waals surface area contributed by atoms with Crippen LogP contribution in [0.1, 0.15) is 12.8 Å². The molecule has 0 spiro atoms. The molecule has 0 radical (unpaired) electrons. The van der Waals surface area contributed by atoms with E-state index >= 15 is 0 Å². The van der Waals surface area contributed by atoms with Crippen LogP contribution < -0.4 is 10.6 Å². The van der Waals surface area contributed by atoms with Crippen molar-refractivity contribution < 1.29 is 14.3 Å². The molecule has 0 aliphatic carbocycles. The topological polar surface area (TPSA) is 83.2 Å². The molecule has 3 aromatic rings. The van der Waals surface area contributed by atoms with Crippen molar-refractivity contribution >= 4 is 28.4 Å². The van der Waals surface area contributed by atoms with Gasteiger partial charge in [0.1, 0.15) is 0 Å². The van der Waals surface area contributed by atoms with E-state index in [4.69, 9.17) is 4.74 Å². The van der Waals surface area contributed by atoms with Crippen molar-refractivity contribution in [2.24, 2.45) is 0 Å². The van der Waals surface area contributed by atoms with Crippen molar-refractivity contribution in [3.8, 4) is 11.3 Å². The number of carbonyl (C=O) groups is 2. The van der Waals surface area contributed by atoms with Crippen LogP contribution in [0, 0.1) is 0 Å². The molecule has 1 aliphatic rings. The van der Waals surface area contributed by atoms with Gasteiger partial charge in [-0.05, 0) is 18.9 Å². The van der Waals surface area contributed by atoms with E-state index in [1.54, 1.807) is 0 Å². The fraction of sp³-hybridized carbons (Fsp3) is 0.238. The minimum atomic E-state index is -0.685. The highest BCUT2D eigenvalue weighted by Crippen LogP contribution is 2.34. The third-order valence-corrected chi connectivity index (χ3v) is 4.73. The van der Waals surface area contributed by atoms with E-state index in [1.165, 1.54) is 0 Å². The van der Waals surface area contributed by atoms with Crippen LogP contribution in [0.2, 0.25) is 0 Å². The highest BCUT2D eigenvalue weighted by Gasteiger charge is 2.22. The summed E-state index contributed by atoms with van der Waals surface area (Å²) in [6.45, 7) is 1.06. The van der Waals surface area contributed by atoms with Gasteiger partial charge in [-0.2, -0.15) is 0 Å². The number of aromatic amines is 1. The quantitative estimate of drug-likeness (QED) is 0.623. The fourth-order valence-electron chi connectivity index (χ4n) is 3.36. The Morgan fingerprint density at radius 3 is 2.59 bits per heavy atom. The minimum Gasteiger partial charge on any atom is -0.376 e. The number of rotatable bonds is 4. The molecule has 3 N–H and O–H groups in total. The Kier molecular flexibility index (Phi) is 4.89. The first-order valence-electron chi connectivity index (χ1n) is 9.09. The molecule has 1 saturated heterocycles. The average Bonchev–Trinajstić information content (AvgIpc) is 3.35. The first-order valence-corrected chi connectivity index (χ1v) is 9.09. The molecule has 2 amide bonds. The monoisotopic (exact) mass is 363 g/mol. The molecule has 1 atom stereocenters. The Balaban J connectivity index is 1.57. The van der Waals surface area contributed by atoms with Gasteiger partial charge >= 0.3 is 11.8 Å². The largest absolute Gasteiger partial charge is 0.376 e. The maximum atomic E-state index is 12.5. The molecule has 1 fully saturated rings. The first kappa shape index (κ1) is 17.3. The van der Waals surface area contributed by atoms with Crippen LogP contribution in [0.3, 0.4) is 0 Å². The molecule has 1 aliphatic heterocycles. The van der Waals surface area contributed by atoms with Crippen LogP contribution in [0.5, 0.6) is 0 Å². The second-order valence-corrected chi connectivity index (χ2v) is 6.59. The van der Waals surface area contributed by atoms with Gasteiger partial charge in [0.25, 0.3) is 0 Å². The molecule has 2 aromatic carbocycles. The Morgan fingerprint density at radius 1 is 1.04 bits per heavy atom. The van der Waals surface area contributed by atoms with E-state index in [2.05, 4.69) is 15.6 Å². The van der Waals surface area contributed by atoms with Gasteiger partial charge in [0.15, 0.2) is 0 Å². The molecular weight excluding hydrogens is 342 g/mol. The second kappa shape index (κ2) is 7.63. The van der Waals surface area contributed by atoms with E-state index in [-0.39, 0.29) is 6.10 Å². The minimum absolute atomic E-state index is 0.00489. The summed E-state index contributed by atoms with van der Waals surface area (Å²) in [5, 5.41) is 6.30. The maximum Gasteiger partial charge on any atom is 0.313 e. The van der Waals surface area contributed by atoms with Crippen LogP contribution in [0.4, 0.5) is 5.69 Å². The summed E-state index contributed by atoms with van der Waals surface area (Å²) in [7, 11) is 0. The normalized spacial score (nSPS) is 16.4. The summed E-state index contributed by atoms with van der Waals surface area (Å²) in [5.74, 6) is -1.34. The number of ether oxygens (including phenoxy) is 1. The number of anilines is 1. The molecule has 6 heteroatoms. The van der Waals surface area contributed by atoms with Crippen LogP contribution in [0.15, 0.2) is 54.6 Å². The number of carbonyl (C=O) groups excluding carboxylic acids is 2. The van der Waals surface area contributed by atoms with E-state index in [9.17, 15) is 9.59 Å². The van der Waals surface area contributed by atoms with E-state index in [0.29, 0.717) is 18.8 Å². The van der Waals surface area contributed by atoms with E-state index in [1.807, 2.05) is 54.6 Å².